The summed E-state index contributed by atoms with van der Waals surface area (Å²) in [6, 6.07) is 7.60. The zero-order chi connectivity index (χ0) is 13.4. The van der Waals surface area contributed by atoms with E-state index >= 15 is 0 Å². The molecule has 1 aromatic carbocycles. The van der Waals surface area contributed by atoms with E-state index in [-0.39, 0.29) is 11.8 Å². The smallest absolute Gasteiger partial charge is 0.246 e. The zero-order valence-corrected chi connectivity index (χ0v) is 10.6. The van der Waals surface area contributed by atoms with E-state index in [0.717, 1.165) is 30.4 Å². The molecule has 0 radical (unpaired) electrons. The van der Waals surface area contributed by atoms with Crippen LogP contribution in [-0.4, -0.2) is 11.1 Å². The highest BCUT2D eigenvalue weighted by Crippen LogP contribution is 2.16. The molecule has 0 aliphatic rings. The van der Waals surface area contributed by atoms with Gasteiger partial charge in [0.25, 0.3) is 0 Å². The van der Waals surface area contributed by atoms with Gasteiger partial charge in [-0.1, -0.05) is 37.8 Å². The second-order valence-electron chi connectivity index (χ2n) is 4.36. The Bertz CT molecular complexity index is 434. The van der Waals surface area contributed by atoms with Crippen LogP contribution < -0.4 is 5.48 Å². The lowest BCUT2D eigenvalue weighted by molar-refractivity contribution is -0.133. The van der Waals surface area contributed by atoms with Crippen molar-refractivity contribution in [1.82, 2.24) is 5.48 Å². The fourth-order valence-electron chi connectivity index (χ4n) is 1.94. The van der Waals surface area contributed by atoms with Crippen LogP contribution in [0.4, 0.5) is 0 Å². The molecule has 1 aromatic rings. The summed E-state index contributed by atoms with van der Waals surface area (Å²) >= 11 is 0. The number of rotatable bonds is 6. The quantitative estimate of drug-likeness (QED) is 0.459. The van der Waals surface area contributed by atoms with Crippen molar-refractivity contribution >= 4 is 5.91 Å². The molecule has 0 heterocycles. The molecule has 3 nitrogen and oxygen atoms in total. The Hall–Kier alpha value is -1.79. The summed E-state index contributed by atoms with van der Waals surface area (Å²) in [6.07, 6.45) is 8.71. The summed E-state index contributed by atoms with van der Waals surface area (Å²) in [5.74, 6) is 2.05. The van der Waals surface area contributed by atoms with Gasteiger partial charge >= 0.3 is 0 Å². The number of carbonyl (C=O) groups is 1. The van der Waals surface area contributed by atoms with Crippen LogP contribution in [0.5, 0.6) is 0 Å². The third-order valence-electron chi connectivity index (χ3n) is 2.96. The number of terminal acetylenes is 1. The van der Waals surface area contributed by atoms with Gasteiger partial charge in [0.05, 0.1) is 0 Å². The molecule has 3 heteroatoms. The van der Waals surface area contributed by atoms with E-state index in [0.29, 0.717) is 6.42 Å². The molecular formula is C15H19NO2. The van der Waals surface area contributed by atoms with Gasteiger partial charge in [-0.05, 0) is 30.5 Å². The molecule has 1 atom stereocenters. The summed E-state index contributed by atoms with van der Waals surface area (Å²) in [6.45, 7) is 2.08. The van der Waals surface area contributed by atoms with E-state index in [1.54, 1.807) is 5.48 Å². The van der Waals surface area contributed by atoms with Crippen molar-refractivity contribution in [3.8, 4) is 12.3 Å². The van der Waals surface area contributed by atoms with Crippen LogP contribution >= 0.6 is 0 Å². The van der Waals surface area contributed by atoms with Crippen LogP contribution in [0.25, 0.3) is 0 Å². The van der Waals surface area contributed by atoms with Crippen LogP contribution in [-0.2, 0) is 11.2 Å². The molecule has 0 aromatic heterocycles. The zero-order valence-electron chi connectivity index (χ0n) is 10.6. The van der Waals surface area contributed by atoms with E-state index in [4.69, 9.17) is 11.6 Å². The van der Waals surface area contributed by atoms with Crippen LogP contribution in [0, 0.1) is 18.3 Å². The average molecular weight is 245 g/mol. The Labute approximate surface area is 108 Å². The van der Waals surface area contributed by atoms with Crippen molar-refractivity contribution in [3.05, 3.63) is 35.4 Å². The number of unbranched alkanes of at least 4 members (excludes halogenated alkanes) is 1. The number of hydrogen-bond acceptors (Lipinski definition) is 2. The first-order valence-electron chi connectivity index (χ1n) is 6.20. The van der Waals surface area contributed by atoms with Gasteiger partial charge < -0.3 is 0 Å². The molecule has 0 saturated heterocycles. The lowest BCUT2D eigenvalue weighted by Gasteiger charge is -2.14. The van der Waals surface area contributed by atoms with E-state index in [1.165, 1.54) is 0 Å². The minimum Gasteiger partial charge on any atom is -0.289 e. The molecule has 0 saturated carbocycles. The Kier molecular flexibility index (Phi) is 5.96. The van der Waals surface area contributed by atoms with Gasteiger partial charge in [-0.15, -0.1) is 6.42 Å². The molecule has 0 bridgehead atoms. The van der Waals surface area contributed by atoms with Crippen molar-refractivity contribution in [2.24, 2.45) is 5.92 Å². The number of hydroxylamine groups is 1. The lowest BCUT2D eigenvalue weighted by atomic mass is 9.93. The molecule has 0 spiro atoms. The molecule has 0 aliphatic heterocycles. The first-order valence-corrected chi connectivity index (χ1v) is 6.20. The summed E-state index contributed by atoms with van der Waals surface area (Å²) < 4.78 is 0. The molecule has 0 fully saturated rings. The fraction of sp³-hybridized carbons (Fsp3) is 0.400. The Balaban J connectivity index is 2.75. The van der Waals surface area contributed by atoms with Gasteiger partial charge in [0.1, 0.15) is 0 Å². The molecule has 1 amide bonds. The molecule has 18 heavy (non-hydrogen) atoms. The Morgan fingerprint density at radius 2 is 2.33 bits per heavy atom. The third kappa shape index (κ3) is 4.23. The maximum atomic E-state index is 11.6. The number of hydrogen-bond donors (Lipinski definition) is 2. The standard InChI is InChI=1S/C15H19NO2/c1-3-5-9-14(15(17)16-18)11-13-8-6-7-12(4-2)10-13/h2,6-8,10,14,18H,3,5,9,11H2,1H3,(H,16,17). The van der Waals surface area contributed by atoms with Crippen LogP contribution in [0.2, 0.25) is 0 Å². The predicted octanol–water partition coefficient (Wildman–Crippen LogP) is 2.52. The highest BCUT2D eigenvalue weighted by molar-refractivity contribution is 5.77. The van der Waals surface area contributed by atoms with E-state index < -0.39 is 0 Å². The maximum absolute atomic E-state index is 11.6. The van der Waals surface area contributed by atoms with Crippen molar-refractivity contribution in [2.75, 3.05) is 0 Å². The van der Waals surface area contributed by atoms with Crippen molar-refractivity contribution in [1.29, 1.82) is 0 Å². The summed E-state index contributed by atoms with van der Waals surface area (Å²) in [4.78, 5) is 11.6. The number of amides is 1. The largest absolute Gasteiger partial charge is 0.289 e. The highest BCUT2D eigenvalue weighted by Gasteiger charge is 2.17. The van der Waals surface area contributed by atoms with Gasteiger partial charge in [0.15, 0.2) is 0 Å². The van der Waals surface area contributed by atoms with Gasteiger partial charge in [-0.3, -0.25) is 10.0 Å². The van der Waals surface area contributed by atoms with Crippen LogP contribution in [0.3, 0.4) is 0 Å². The molecule has 0 aliphatic carbocycles. The number of nitrogens with one attached hydrogen (secondary N) is 1. The minimum atomic E-state index is -0.324. The first kappa shape index (κ1) is 14.3. The summed E-state index contributed by atoms with van der Waals surface area (Å²) in [5, 5.41) is 8.75. The monoisotopic (exact) mass is 245 g/mol. The predicted molar refractivity (Wildman–Crippen MR) is 71.0 cm³/mol. The van der Waals surface area contributed by atoms with E-state index in [2.05, 4.69) is 12.8 Å². The fourth-order valence-corrected chi connectivity index (χ4v) is 1.94. The van der Waals surface area contributed by atoms with Crippen molar-refractivity contribution < 1.29 is 10.0 Å². The Morgan fingerprint density at radius 3 is 2.94 bits per heavy atom. The molecule has 96 valence electrons. The van der Waals surface area contributed by atoms with E-state index in [9.17, 15) is 4.79 Å². The third-order valence-corrected chi connectivity index (χ3v) is 2.96. The molecule has 2 N–H and O–H groups in total. The molecular weight excluding hydrogens is 226 g/mol. The van der Waals surface area contributed by atoms with Gasteiger partial charge in [-0.25, -0.2) is 5.48 Å². The summed E-state index contributed by atoms with van der Waals surface area (Å²) in [7, 11) is 0. The van der Waals surface area contributed by atoms with Gasteiger partial charge in [0.2, 0.25) is 5.91 Å². The van der Waals surface area contributed by atoms with Crippen molar-refractivity contribution in [3.63, 3.8) is 0 Å². The second kappa shape index (κ2) is 7.52. The molecule has 1 unspecified atom stereocenters. The Morgan fingerprint density at radius 1 is 1.56 bits per heavy atom. The second-order valence-corrected chi connectivity index (χ2v) is 4.36. The maximum Gasteiger partial charge on any atom is 0.246 e. The van der Waals surface area contributed by atoms with Crippen LogP contribution in [0.1, 0.15) is 37.3 Å². The number of benzene rings is 1. The first-order chi connectivity index (χ1) is 8.71. The highest BCUT2D eigenvalue weighted by atomic mass is 16.5. The van der Waals surface area contributed by atoms with E-state index in [1.807, 2.05) is 24.3 Å². The van der Waals surface area contributed by atoms with Crippen molar-refractivity contribution in [2.45, 2.75) is 32.6 Å². The lowest BCUT2D eigenvalue weighted by Crippen LogP contribution is -2.29. The summed E-state index contributed by atoms with van der Waals surface area (Å²) in [5.41, 5.74) is 3.58. The molecule has 1 rings (SSSR count). The SMILES string of the molecule is C#Cc1cccc(CC(CCCC)C(=O)NO)c1. The minimum absolute atomic E-state index is 0.206. The van der Waals surface area contributed by atoms with Gasteiger partial charge in [0, 0.05) is 11.5 Å². The topological polar surface area (TPSA) is 49.3 Å². The van der Waals surface area contributed by atoms with Crippen LogP contribution in [0.15, 0.2) is 24.3 Å². The number of carbonyl (C=O) groups excluding carboxylic acids is 1. The van der Waals surface area contributed by atoms with Gasteiger partial charge in [-0.2, -0.15) is 0 Å². The normalized spacial score (nSPS) is 11.6. The average Bonchev–Trinajstić information content (AvgIpc) is 2.42.